The van der Waals surface area contributed by atoms with Gasteiger partial charge in [0, 0.05) is 25.1 Å². The van der Waals surface area contributed by atoms with Crippen LogP contribution in [0.25, 0.3) is 0 Å². The third-order valence-corrected chi connectivity index (χ3v) is 5.11. The fourth-order valence-electron chi connectivity index (χ4n) is 3.86. The summed E-state index contributed by atoms with van der Waals surface area (Å²) in [5.41, 5.74) is 0. The lowest BCUT2D eigenvalue weighted by molar-refractivity contribution is -0.181. The van der Waals surface area contributed by atoms with Crippen LogP contribution >= 0.6 is 0 Å². The van der Waals surface area contributed by atoms with Crippen LogP contribution < -0.4 is 9.64 Å². The summed E-state index contributed by atoms with van der Waals surface area (Å²) in [6.45, 7) is 4.09. The maximum Gasteiger partial charge on any atom is 0.251 e. The summed E-state index contributed by atoms with van der Waals surface area (Å²) >= 11 is 0. The summed E-state index contributed by atoms with van der Waals surface area (Å²) in [6.07, 6.45) is 2.41. The predicted octanol–water partition coefficient (Wildman–Crippen LogP) is 0.348. The van der Waals surface area contributed by atoms with Crippen LogP contribution in [-0.4, -0.2) is 67.5 Å². The van der Waals surface area contributed by atoms with Gasteiger partial charge in [0.1, 0.15) is 12.1 Å². The van der Waals surface area contributed by atoms with Crippen LogP contribution in [0.15, 0.2) is 12.4 Å². The van der Waals surface area contributed by atoms with Crippen molar-refractivity contribution in [2.75, 3.05) is 51.5 Å². The van der Waals surface area contributed by atoms with Crippen molar-refractivity contribution in [3.05, 3.63) is 12.4 Å². The second-order valence-electron chi connectivity index (χ2n) is 6.52. The van der Waals surface area contributed by atoms with Gasteiger partial charge in [0.15, 0.2) is 0 Å². The molecule has 130 valence electrons. The van der Waals surface area contributed by atoms with E-state index in [4.69, 9.17) is 14.3 Å². The van der Waals surface area contributed by atoms with Crippen molar-refractivity contribution in [2.45, 2.75) is 6.42 Å². The first-order chi connectivity index (χ1) is 11.8. The van der Waals surface area contributed by atoms with Gasteiger partial charge < -0.3 is 14.4 Å². The first-order valence-electron chi connectivity index (χ1n) is 8.39. The molecule has 24 heavy (non-hydrogen) atoms. The fraction of sp³-hybridized carbons (Fsp3) is 0.688. The molecule has 0 N–H and O–H groups in total. The van der Waals surface area contributed by atoms with E-state index in [1.807, 2.05) is 6.07 Å². The van der Waals surface area contributed by atoms with Crippen molar-refractivity contribution in [1.82, 2.24) is 15.0 Å². The first kappa shape index (κ1) is 15.6. The lowest BCUT2D eigenvalue weighted by Gasteiger charge is -2.33. The van der Waals surface area contributed by atoms with Crippen LogP contribution in [0.4, 0.5) is 5.82 Å². The van der Waals surface area contributed by atoms with Crippen molar-refractivity contribution in [3.63, 3.8) is 0 Å². The number of ether oxygens (including phenoxy) is 2. The van der Waals surface area contributed by atoms with Crippen LogP contribution in [0.3, 0.4) is 0 Å². The molecule has 0 aliphatic carbocycles. The monoisotopic (exact) mass is 334 g/mol. The molecule has 4 heterocycles. The minimum Gasteiger partial charge on any atom is -0.481 e. The smallest absolute Gasteiger partial charge is 0.251 e. The number of anilines is 1. The summed E-state index contributed by atoms with van der Waals surface area (Å²) in [5.74, 6) is 1.89. The molecule has 0 bridgehead atoms. The van der Waals surface area contributed by atoms with E-state index in [1.54, 1.807) is 7.11 Å². The molecule has 0 spiro atoms. The number of methoxy groups -OCH3 is 1. The minimum absolute atomic E-state index is 0.0596. The van der Waals surface area contributed by atoms with Gasteiger partial charge in [0.05, 0.1) is 39.4 Å². The van der Waals surface area contributed by atoms with Crippen LogP contribution in [0, 0.1) is 17.8 Å². The number of hydrogen-bond acceptors (Lipinski definition) is 7. The van der Waals surface area contributed by atoms with Gasteiger partial charge >= 0.3 is 0 Å². The quantitative estimate of drug-likeness (QED) is 0.789. The number of nitrogens with zero attached hydrogens (tertiary/aromatic N) is 4. The predicted molar refractivity (Wildman–Crippen MR) is 84.4 cm³/mol. The fourth-order valence-corrected chi connectivity index (χ4v) is 3.86. The maximum atomic E-state index is 12.7. The number of fused-ring (bicyclic) bond motifs is 1. The zero-order valence-electron chi connectivity index (χ0n) is 13.8. The average molecular weight is 334 g/mol. The zero-order valence-corrected chi connectivity index (χ0v) is 13.8. The number of aromatic nitrogens is 2. The highest BCUT2D eigenvalue weighted by molar-refractivity contribution is 5.79. The molecule has 8 nitrogen and oxygen atoms in total. The largest absolute Gasteiger partial charge is 0.481 e. The van der Waals surface area contributed by atoms with Gasteiger partial charge in [-0.15, -0.1) is 0 Å². The van der Waals surface area contributed by atoms with Gasteiger partial charge in [-0.25, -0.2) is 15.0 Å². The molecular weight excluding hydrogens is 312 g/mol. The Morgan fingerprint density at radius 1 is 1.33 bits per heavy atom. The number of hydroxylamine groups is 2. The number of carbonyl (C=O) groups is 1. The Morgan fingerprint density at radius 2 is 2.25 bits per heavy atom. The van der Waals surface area contributed by atoms with E-state index in [0.717, 1.165) is 25.3 Å². The Morgan fingerprint density at radius 3 is 3.04 bits per heavy atom. The Balaban J connectivity index is 1.50. The SMILES string of the molecule is COc1cc(N2C[C@@H]3COC[C@@H](C(=O)N4CCCO4)[C@@H]3C2)ncn1. The third kappa shape index (κ3) is 2.80. The highest BCUT2D eigenvalue weighted by Crippen LogP contribution is 2.37. The van der Waals surface area contributed by atoms with Gasteiger partial charge in [-0.2, -0.15) is 0 Å². The van der Waals surface area contributed by atoms with E-state index in [1.165, 1.54) is 11.4 Å². The second-order valence-corrected chi connectivity index (χ2v) is 6.52. The molecule has 1 aromatic heterocycles. The highest BCUT2D eigenvalue weighted by atomic mass is 16.7. The summed E-state index contributed by atoms with van der Waals surface area (Å²) in [6, 6.07) is 1.83. The Bertz CT molecular complexity index is 607. The lowest BCUT2D eigenvalue weighted by atomic mass is 9.82. The number of rotatable bonds is 3. The molecule has 0 unspecified atom stereocenters. The van der Waals surface area contributed by atoms with Crippen molar-refractivity contribution in [1.29, 1.82) is 0 Å². The van der Waals surface area contributed by atoms with E-state index in [9.17, 15) is 4.79 Å². The van der Waals surface area contributed by atoms with Crippen LogP contribution in [0.1, 0.15) is 6.42 Å². The van der Waals surface area contributed by atoms with Gasteiger partial charge in [-0.05, 0) is 12.3 Å². The van der Waals surface area contributed by atoms with Gasteiger partial charge in [0.25, 0.3) is 5.91 Å². The molecule has 8 heteroatoms. The Labute approximate surface area is 140 Å². The highest BCUT2D eigenvalue weighted by Gasteiger charge is 2.46. The van der Waals surface area contributed by atoms with Crippen LogP contribution in [-0.2, 0) is 14.4 Å². The number of amides is 1. The summed E-state index contributed by atoms with van der Waals surface area (Å²) in [7, 11) is 1.59. The summed E-state index contributed by atoms with van der Waals surface area (Å²) < 4.78 is 10.9. The van der Waals surface area contributed by atoms with Crippen LogP contribution in [0.2, 0.25) is 0 Å². The molecule has 1 aromatic rings. The minimum atomic E-state index is -0.143. The first-order valence-corrected chi connectivity index (χ1v) is 8.39. The van der Waals surface area contributed by atoms with Crippen molar-refractivity contribution in [3.8, 4) is 5.88 Å². The van der Waals surface area contributed by atoms with E-state index in [2.05, 4.69) is 14.9 Å². The van der Waals surface area contributed by atoms with Gasteiger partial charge in [-0.1, -0.05) is 0 Å². The maximum absolute atomic E-state index is 12.7. The van der Waals surface area contributed by atoms with E-state index >= 15 is 0 Å². The van der Waals surface area contributed by atoms with Gasteiger partial charge in [-0.3, -0.25) is 9.63 Å². The molecule has 0 saturated carbocycles. The molecule has 4 rings (SSSR count). The molecule has 3 aliphatic heterocycles. The second kappa shape index (κ2) is 6.52. The molecule has 3 atom stereocenters. The summed E-state index contributed by atoms with van der Waals surface area (Å²) in [4.78, 5) is 28.8. The van der Waals surface area contributed by atoms with E-state index in [0.29, 0.717) is 38.2 Å². The number of hydrogen-bond donors (Lipinski definition) is 0. The average Bonchev–Trinajstić information content (AvgIpc) is 3.30. The number of carbonyl (C=O) groups excluding carboxylic acids is 1. The van der Waals surface area contributed by atoms with E-state index in [-0.39, 0.29) is 17.7 Å². The summed E-state index contributed by atoms with van der Waals surface area (Å²) in [5, 5.41) is 1.52. The van der Waals surface area contributed by atoms with Crippen molar-refractivity contribution >= 4 is 11.7 Å². The zero-order chi connectivity index (χ0) is 16.5. The van der Waals surface area contributed by atoms with Crippen LogP contribution in [0.5, 0.6) is 5.88 Å². The molecular formula is C16H22N4O4. The standard InChI is InChI=1S/C16H22N4O4/c1-22-15-5-14(17-10-18-15)19-6-11-8-23-9-13(12(11)7-19)16(21)20-3-2-4-24-20/h5,10-13H,2-4,6-9H2,1H3/t11-,12-,13-/m1/s1. The van der Waals surface area contributed by atoms with Gasteiger partial charge in [0.2, 0.25) is 5.88 Å². The molecule has 0 radical (unpaired) electrons. The van der Waals surface area contributed by atoms with Crippen molar-refractivity contribution in [2.24, 2.45) is 17.8 Å². The molecule has 1 amide bonds. The van der Waals surface area contributed by atoms with E-state index < -0.39 is 0 Å². The normalized spacial score (nSPS) is 29.6. The molecule has 0 aromatic carbocycles. The Hall–Kier alpha value is -1.93. The third-order valence-electron chi connectivity index (χ3n) is 5.11. The Kier molecular flexibility index (Phi) is 4.24. The topological polar surface area (TPSA) is 77.0 Å². The molecule has 3 fully saturated rings. The van der Waals surface area contributed by atoms with Crippen molar-refractivity contribution < 1.29 is 19.1 Å². The lowest BCUT2D eigenvalue weighted by Crippen LogP contribution is -2.45. The molecule has 3 aliphatic rings. The molecule has 3 saturated heterocycles.